The van der Waals surface area contributed by atoms with E-state index in [-0.39, 0.29) is 16.6 Å². The van der Waals surface area contributed by atoms with Crippen molar-refractivity contribution in [3.63, 3.8) is 0 Å². The zero-order valence-electron chi connectivity index (χ0n) is 18.6. The van der Waals surface area contributed by atoms with Crippen LogP contribution >= 0.6 is 0 Å². The van der Waals surface area contributed by atoms with Crippen molar-refractivity contribution in [3.05, 3.63) is 89.2 Å². The molecule has 8 heteroatoms. The Hall–Kier alpha value is -3.39. The molecule has 1 fully saturated rings. The third kappa shape index (κ3) is 5.01. The third-order valence-corrected chi connectivity index (χ3v) is 7.28. The molecule has 0 unspecified atom stereocenters. The van der Waals surface area contributed by atoms with Gasteiger partial charge in [0.1, 0.15) is 5.82 Å². The summed E-state index contributed by atoms with van der Waals surface area (Å²) < 4.78 is 42.8. The van der Waals surface area contributed by atoms with Gasteiger partial charge in [-0.1, -0.05) is 30.3 Å². The fraction of sp³-hybridized carbons (Fsp3) is 0.240. The van der Waals surface area contributed by atoms with Crippen molar-refractivity contribution in [2.75, 3.05) is 35.8 Å². The summed E-state index contributed by atoms with van der Waals surface area (Å²) >= 11 is 0. The number of sulfonamides is 1. The highest BCUT2D eigenvalue weighted by Crippen LogP contribution is 2.24. The number of hydrogen-bond donors (Lipinski definition) is 1. The maximum absolute atomic E-state index is 14.1. The van der Waals surface area contributed by atoms with E-state index >= 15 is 0 Å². The molecule has 172 valence electrons. The topological polar surface area (TPSA) is 69.7 Å². The van der Waals surface area contributed by atoms with Crippen molar-refractivity contribution in [2.45, 2.75) is 18.7 Å². The monoisotopic (exact) mass is 467 g/mol. The van der Waals surface area contributed by atoms with Crippen LogP contribution in [0.5, 0.6) is 0 Å². The highest BCUT2D eigenvalue weighted by molar-refractivity contribution is 7.92. The molecule has 3 aromatic rings. The van der Waals surface area contributed by atoms with Crippen LogP contribution in [0.3, 0.4) is 0 Å². The van der Waals surface area contributed by atoms with E-state index in [0.717, 1.165) is 5.56 Å². The summed E-state index contributed by atoms with van der Waals surface area (Å²) in [6.45, 7) is 5.42. The Morgan fingerprint density at radius 2 is 1.64 bits per heavy atom. The summed E-state index contributed by atoms with van der Waals surface area (Å²) in [5, 5.41) is 0. The van der Waals surface area contributed by atoms with Gasteiger partial charge in [0.05, 0.1) is 10.6 Å². The first-order chi connectivity index (χ1) is 15.7. The Morgan fingerprint density at radius 1 is 0.909 bits per heavy atom. The molecule has 0 aromatic heterocycles. The van der Waals surface area contributed by atoms with E-state index in [1.54, 1.807) is 60.4 Å². The van der Waals surface area contributed by atoms with Crippen LogP contribution in [-0.2, 0) is 10.0 Å². The van der Waals surface area contributed by atoms with Crippen molar-refractivity contribution < 1.29 is 17.6 Å². The molecule has 3 aromatic carbocycles. The van der Waals surface area contributed by atoms with Crippen LogP contribution in [0.2, 0.25) is 0 Å². The molecule has 0 aliphatic carbocycles. The van der Waals surface area contributed by atoms with Gasteiger partial charge in [-0.3, -0.25) is 9.52 Å². The molecular weight excluding hydrogens is 441 g/mol. The Kier molecular flexibility index (Phi) is 6.37. The SMILES string of the molecule is Cc1cccc(NS(=O)(=O)c2cc(C(=O)N3CCN(c4ccccc4F)CC3)ccc2C)c1. The number of amides is 1. The third-order valence-electron chi connectivity index (χ3n) is 5.75. The largest absolute Gasteiger partial charge is 0.366 e. The molecule has 1 aliphatic heterocycles. The standard InChI is InChI=1S/C25H26FN3O3S/c1-18-6-5-7-21(16-18)27-33(31,32)24-17-20(11-10-19(24)2)25(30)29-14-12-28(13-15-29)23-9-4-3-8-22(23)26/h3-11,16-17,27H,12-15H2,1-2H3. The number of nitrogens with one attached hydrogen (secondary N) is 1. The second-order valence-electron chi connectivity index (χ2n) is 8.19. The Labute approximate surface area is 193 Å². The zero-order valence-corrected chi connectivity index (χ0v) is 19.4. The number of hydrogen-bond acceptors (Lipinski definition) is 4. The summed E-state index contributed by atoms with van der Waals surface area (Å²) in [6, 6.07) is 18.4. The zero-order chi connectivity index (χ0) is 23.6. The average molecular weight is 468 g/mol. The predicted molar refractivity (Wildman–Crippen MR) is 128 cm³/mol. The molecule has 0 radical (unpaired) electrons. The fourth-order valence-corrected chi connectivity index (χ4v) is 5.30. The van der Waals surface area contributed by atoms with E-state index in [4.69, 9.17) is 0 Å². The number of rotatable bonds is 5. The first-order valence-electron chi connectivity index (χ1n) is 10.7. The quantitative estimate of drug-likeness (QED) is 0.611. The normalized spacial score (nSPS) is 14.3. The first kappa shape index (κ1) is 22.8. The van der Waals surface area contributed by atoms with Crippen molar-refractivity contribution in [3.8, 4) is 0 Å². The Balaban J connectivity index is 1.50. The second kappa shape index (κ2) is 9.23. The van der Waals surface area contributed by atoms with Gasteiger partial charge in [0.2, 0.25) is 0 Å². The molecule has 1 saturated heterocycles. The van der Waals surface area contributed by atoms with Gasteiger partial charge in [-0.15, -0.1) is 0 Å². The van der Waals surface area contributed by atoms with Crippen LogP contribution in [0.1, 0.15) is 21.5 Å². The number of carbonyl (C=O) groups is 1. The lowest BCUT2D eigenvalue weighted by Crippen LogP contribution is -2.49. The molecule has 33 heavy (non-hydrogen) atoms. The molecular formula is C25H26FN3O3S. The number of nitrogens with zero attached hydrogens (tertiary/aromatic N) is 2. The Morgan fingerprint density at radius 3 is 2.33 bits per heavy atom. The van der Waals surface area contributed by atoms with Crippen molar-refractivity contribution >= 4 is 27.3 Å². The van der Waals surface area contributed by atoms with E-state index in [1.807, 2.05) is 17.9 Å². The minimum Gasteiger partial charge on any atom is -0.366 e. The number of piperazine rings is 1. The molecule has 0 bridgehead atoms. The maximum atomic E-state index is 14.1. The van der Waals surface area contributed by atoms with Crippen LogP contribution in [0.25, 0.3) is 0 Å². The van der Waals surface area contributed by atoms with Crippen molar-refractivity contribution in [2.24, 2.45) is 0 Å². The number of benzene rings is 3. The molecule has 1 heterocycles. The minimum atomic E-state index is -3.87. The second-order valence-corrected chi connectivity index (χ2v) is 9.84. The van der Waals surface area contributed by atoms with Crippen LogP contribution in [-0.4, -0.2) is 45.4 Å². The molecule has 1 aliphatic rings. The highest BCUT2D eigenvalue weighted by atomic mass is 32.2. The molecule has 1 amide bonds. The molecule has 0 saturated carbocycles. The molecule has 4 rings (SSSR count). The van der Waals surface area contributed by atoms with E-state index in [0.29, 0.717) is 48.7 Å². The molecule has 0 atom stereocenters. The number of anilines is 2. The van der Waals surface area contributed by atoms with Crippen LogP contribution < -0.4 is 9.62 Å². The van der Waals surface area contributed by atoms with E-state index in [1.165, 1.54) is 12.1 Å². The van der Waals surface area contributed by atoms with E-state index < -0.39 is 10.0 Å². The van der Waals surface area contributed by atoms with Gasteiger partial charge in [-0.05, 0) is 61.4 Å². The van der Waals surface area contributed by atoms with Crippen LogP contribution in [0.15, 0.2) is 71.6 Å². The minimum absolute atomic E-state index is 0.0693. The number of halogens is 1. The average Bonchev–Trinajstić information content (AvgIpc) is 2.79. The van der Waals surface area contributed by atoms with Gasteiger partial charge in [-0.25, -0.2) is 12.8 Å². The number of para-hydroxylation sites is 1. The van der Waals surface area contributed by atoms with Crippen molar-refractivity contribution in [1.29, 1.82) is 0 Å². The number of carbonyl (C=O) groups excluding carboxylic acids is 1. The summed E-state index contributed by atoms with van der Waals surface area (Å²) in [6.07, 6.45) is 0. The van der Waals surface area contributed by atoms with E-state index in [2.05, 4.69) is 4.72 Å². The fourth-order valence-electron chi connectivity index (χ4n) is 3.98. The van der Waals surface area contributed by atoms with Gasteiger partial charge in [0, 0.05) is 37.4 Å². The molecule has 6 nitrogen and oxygen atoms in total. The van der Waals surface area contributed by atoms with Gasteiger partial charge in [-0.2, -0.15) is 0 Å². The lowest BCUT2D eigenvalue weighted by Gasteiger charge is -2.36. The predicted octanol–water partition coefficient (Wildman–Crippen LogP) is 4.21. The lowest BCUT2D eigenvalue weighted by atomic mass is 10.1. The maximum Gasteiger partial charge on any atom is 0.262 e. The highest BCUT2D eigenvalue weighted by Gasteiger charge is 2.25. The summed E-state index contributed by atoms with van der Waals surface area (Å²) in [5.41, 5.74) is 2.79. The summed E-state index contributed by atoms with van der Waals surface area (Å²) in [7, 11) is -3.87. The Bertz CT molecular complexity index is 1290. The molecule has 1 N–H and O–H groups in total. The molecule has 0 spiro atoms. The summed E-state index contributed by atoms with van der Waals surface area (Å²) in [4.78, 5) is 16.8. The smallest absolute Gasteiger partial charge is 0.262 e. The van der Waals surface area contributed by atoms with Gasteiger partial charge < -0.3 is 9.80 Å². The first-order valence-corrected chi connectivity index (χ1v) is 12.2. The van der Waals surface area contributed by atoms with Gasteiger partial charge in [0.15, 0.2) is 0 Å². The number of aryl methyl sites for hydroxylation is 2. The van der Waals surface area contributed by atoms with Crippen LogP contribution in [0, 0.1) is 19.7 Å². The lowest BCUT2D eigenvalue weighted by molar-refractivity contribution is 0.0746. The van der Waals surface area contributed by atoms with E-state index in [9.17, 15) is 17.6 Å². The van der Waals surface area contributed by atoms with Crippen molar-refractivity contribution in [1.82, 2.24) is 4.90 Å². The van der Waals surface area contributed by atoms with Gasteiger partial charge >= 0.3 is 0 Å². The van der Waals surface area contributed by atoms with Crippen LogP contribution in [0.4, 0.5) is 15.8 Å². The summed E-state index contributed by atoms with van der Waals surface area (Å²) in [5.74, 6) is -0.526. The van der Waals surface area contributed by atoms with Gasteiger partial charge in [0.25, 0.3) is 15.9 Å².